The number of rotatable bonds is 2. The number of piperazine rings is 1. The van der Waals surface area contributed by atoms with Crippen LogP contribution < -0.4 is 5.32 Å². The van der Waals surface area contributed by atoms with Crippen LogP contribution in [-0.4, -0.2) is 34.8 Å². The molecule has 1 N–H and O–H groups in total. The van der Waals surface area contributed by atoms with E-state index in [2.05, 4.69) is 12.2 Å². The van der Waals surface area contributed by atoms with Gasteiger partial charge in [-0.2, -0.15) is 0 Å². The molecule has 20 heavy (non-hydrogen) atoms. The minimum Gasteiger partial charge on any atom is -0.340 e. The Balaban J connectivity index is 1.83. The van der Waals surface area contributed by atoms with E-state index >= 15 is 0 Å². The van der Waals surface area contributed by atoms with Crippen LogP contribution in [0.2, 0.25) is 0 Å². The van der Waals surface area contributed by atoms with Gasteiger partial charge < -0.3 is 10.2 Å². The topological polar surface area (TPSA) is 49.4 Å². The lowest BCUT2D eigenvalue weighted by atomic mass is 9.80. The highest BCUT2D eigenvalue weighted by atomic mass is 16.2. The normalized spacial score (nSPS) is 33.5. The summed E-state index contributed by atoms with van der Waals surface area (Å²) in [7, 11) is 0. The van der Waals surface area contributed by atoms with Gasteiger partial charge in [-0.25, -0.2) is 0 Å². The van der Waals surface area contributed by atoms with E-state index in [0.29, 0.717) is 12.0 Å². The van der Waals surface area contributed by atoms with E-state index in [9.17, 15) is 9.59 Å². The summed E-state index contributed by atoms with van der Waals surface area (Å²) in [6.07, 6.45) is 9.64. The number of carbonyl (C=O) groups is 2. The Morgan fingerprint density at radius 3 is 2.55 bits per heavy atom. The number of hydrogen-bond acceptors (Lipinski definition) is 2. The first kappa shape index (κ1) is 13.9. The lowest BCUT2D eigenvalue weighted by molar-refractivity contribution is -0.154. The van der Waals surface area contributed by atoms with Gasteiger partial charge in [-0.1, -0.05) is 39.0 Å². The molecule has 0 aromatic carbocycles. The lowest BCUT2D eigenvalue weighted by Gasteiger charge is -2.46. The fourth-order valence-electron chi connectivity index (χ4n) is 4.52. The predicted octanol–water partition coefficient (Wildman–Crippen LogP) is 2.23. The monoisotopic (exact) mass is 278 g/mol. The van der Waals surface area contributed by atoms with Crippen molar-refractivity contribution >= 4 is 11.8 Å². The van der Waals surface area contributed by atoms with Gasteiger partial charge in [0.2, 0.25) is 11.8 Å². The third-order valence-electron chi connectivity index (χ3n) is 5.61. The van der Waals surface area contributed by atoms with Gasteiger partial charge in [-0.05, 0) is 31.6 Å². The number of nitrogens with zero attached hydrogens (tertiary/aromatic N) is 1. The Kier molecular flexibility index (Phi) is 3.74. The molecule has 1 saturated heterocycles. The molecule has 4 heteroatoms. The Bertz CT molecular complexity index is 401. The van der Waals surface area contributed by atoms with Crippen LogP contribution in [0.25, 0.3) is 0 Å². The molecule has 1 heterocycles. The fourth-order valence-corrected chi connectivity index (χ4v) is 4.52. The smallest absolute Gasteiger partial charge is 0.249 e. The van der Waals surface area contributed by atoms with Gasteiger partial charge >= 0.3 is 0 Å². The maximum atomic E-state index is 13.0. The second-order valence-corrected chi connectivity index (χ2v) is 6.79. The Labute approximate surface area is 121 Å². The molecule has 2 saturated carbocycles. The highest BCUT2D eigenvalue weighted by molar-refractivity contribution is 5.98. The van der Waals surface area contributed by atoms with Crippen molar-refractivity contribution in [3.05, 3.63) is 0 Å². The Morgan fingerprint density at radius 2 is 1.85 bits per heavy atom. The van der Waals surface area contributed by atoms with E-state index in [1.807, 2.05) is 4.90 Å². The molecule has 4 nitrogen and oxygen atoms in total. The summed E-state index contributed by atoms with van der Waals surface area (Å²) in [6, 6.07) is 0.296. The van der Waals surface area contributed by atoms with E-state index < -0.39 is 5.54 Å². The van der Waals surface area contributed by atoms with Crippen molar-refractivity contribution in [1.82, 2.24) is 10.2 Å². The van der Waals surface area contributed by atoms with Crippen LogP contribution in [0.15, 0.2) is 0 Å². The average molecular weight is 278 g/mol. The Hall–Kier alpha value is -1.06. The van der Waals surface area contributed by atoms with Gasteiger partial charge in [-0.3, -0.25) is 9.59 Å². The van der Waals surface area contributed by atoms with Gasteiger partial charge in [0.1, 0.15) is 5.54 Å². The molecule has 0 radical (unpaired) electrons. The van der Waals surface area contributed by atoms with Crippen molar-refractivity contribution in [2.24, 2.45) is 5.92 Å². The van der Waals surface area contributed by atoms with E-state index in [4.69, 9.17) is 0 Å². The van der Waals surface area contributed by atoms with Crippen LogP contribution in [0.5, 0.6) is 0 Å². The van der Waals surface area contributed by atoms with Crippen molar-refractivity contribution in [1.29, 1.82) is 0 Å². The zero-order chi connectivity index (χ0) is 14.2. The summed E-state index contributed by atoms with van der Waals surface area (Å²) in [5.74, 6) is 0.837. The van der Waals surface area contributed by atoms with Crippen molar-refractivity contribution < 1.29 is 9.59 Å². The maximum absolute atomic E-state index is 13.0. The first-order chi connectivity index (χ1) is 9.66. The molecule has 1 aliphatic heterocycles. The van der Waals surface area contributed by atoms with Crippen molar-refractivity contribution in [3.63, 3.8) is 0 Å². The van der Waals surface area contributed by atoms with Gasteiger partial charge in [0, 0.05) is 6.04 Å². The largest absolute Gasteiger partial charge is 0.340 e. The molecule has 2 unspecified atom stereocenters. The maximum Gasteiger partial charge on any atom is 0.249 e. The molecular weight excluding hydrogens is 252 g/mol. The summed E-state index contributed by atoms with van der Waals surface area (Å²) >= 11 is 0. The quantitative estimate of drug-likeness (QED) is 0.842. The van der Waals surface area contributed by atoms with Crippen LogP contribution in [0.4, 0.5) is 0 Å². The molecule has 2 amide bonds. The number of amides is 2. The molecule has 112 valence electrons. The minimum absolute atomic E-state index is 0.0481. The molecule has 2 atom stereocenters. The van der Waals surface area contributed by atoms with Crippen molar-refractivity contribution in [2.45, 2.75) is 76.3 Å². The van der Waals surface area contributed by atoms with Crippen molar-refractivity contribution in [2.75, 3.05) is 6.54 Å². The summed E-state index contributed by atoms with van der Waals surface area (Å²) in [4.78, 5) is 27.0. The van der Waals surface area contributed by atoms with E-state index in [1.165, 1.54) is 19.3 Å². The second kappa shape index (κ2) is 5.38. The summed E-state index contributed by atoms with van der Waals surface area (Å²) in [5.41, 5.74) is -0.551. The third-order valence-corrected chi connectivity index (χ3v) is 5.61. The fraction of sp³-hybridized carbons (Fsp3) is 0.875. The average Bonchev–Trinajstić information content (AvgIpc) is 2.92. The number of carbonyl (C=O) groups excluding carboxylic acids is 2. The first-order valence-corrected chi connectivity index (χ1v) is 8.28. The zero-order valence-corrected chi connectivity index (χ0v) is 12.5. The van der Waals surface area contributed by atoms with E-state index in [-0.39, 0.29) is 18.4 Å². The summed E-state index contributed by atoms with van der Waals surface area (Å²) in [6.45, 7) is 2.49. The van der Waals surface area contributed by atoms with Crippen LogP contribution >= 0.6 is 0 Å². The Morgan fingerprint density at radius 1 is 1.15 bits per heavy atom. The zero-order valence-electron chi connectivity index (χ0n) is 12.5. The molecule has 0 aromatic heterocycles. The van der Waals surface area contributed by atoms with Crippen LogP contribution in [0.1, 0.15) is 64.7 Å². The second-order valence-electron chi connectivity index (χ2n) is 6.79. The van der Waals surface area contributed by atoms with E-state index in [1.54, 1.807) is 0 Å². The lowest BCUT2D eigenvalue weighted by Crippen LogP contribution is -2.68. The van der Waals surface area contributed by atoms with Crippen LogP contribution in [0, 0.1) is 5.92 Å². The van der Waals surface area contributed by atoms with E-state index in [0.717, 1.165) is 38.5 Å². The highest BCUT2D eigenvalue weighted by Crippen LogP contribution is 2.37. The third kappa shape index (κ3) is 2.23. The van der Waals surface area contributed by atoms with Crippen molar-refractivity contribution in [3.8, 4) is 0 Å². The van der Waals surface area contributed by atoms with Gasteiger partial charge in [-0.15, -0.1) is 0 Å². The predicted molar refractivity (Wildman–Crippen MR) is 77.1 cm³/mol. The number of nitrogens with one attached hydrogen (secondary N) is 1. The minimum atomic E-state index is -0.551. The van der Waals surface area contributed by atoms with Gasteiger partial charge in [0.25, 0.3) is 0 Å². The van der Waals surface area contributed by atoms with Gasteiger partial charge in [0.15, 0.2) is 0 Å². The highest BCUT2D eigenvalue weighted by Gasteiger charge is 2.50. The number of hydrogen-bond donors (Lipinski definition) is 1. The molecule has 3 aliphatic rings. The van der Waals surface area contributed by atoms with Crippen LogP contribution in [-0.2, 0) is 9.59 Å². The molecule has 3 rings (SSSR count). The first-order valence-electron chi connectivity index (χ1n) is 8.28. The molecule has 3 fully saturated rings. The molecule has 1 spiro atoms. The molecule has 2 aliphatic carbocycles. The SMILES string of the molecule is CCC1CCCCC1N1CC(=O)NC2(CCCC2)C1=O. The standard InChI is InChI=1S/C16H26N2O2/c1-2-12-7-3-4-8-13(12)18-11-14(19)17-16(15(18)20)9-5-6-10-16/h12-13H,2-11H2,1H3,(H,17,19). The molecule has 0 bridgehead atoms. The summed E-state index contributed by atoms with van der Waals surface area (Å²) in [5, 5.41) is 3.01. The van der Waals surface area contributed by atoms with Crippen LogP contribution in [0.3, 0.4) is 0 Å². The van der Waals surface area contributed by atoms with Gasteiger partial charge in [0.05, 0.1) is 6.54 Å². The molecular formula is C16H26N2O2. The molecule has 0 aromatic rings. The summed E-state index contributed by atoms with van der Waals surface area (Å²) < 4.78 is 0.